The zero-order chi connectivity index (χ0) is 19.6. The average Bonchev–Trinajstić information content (AvgIpc) is 2.67. The van der Waals surface area contributed by atoms with Crippen LogP contribution in [0.2, 0.25) is 0 Å². The molecule has 2 rings (SSSR count). The Kier molecular flexibility index (Phi) is 10.3. The molecule has 0 aliphatic heterocycles. The third-order valence-corrected chi connectivity index (χ3v) is 4.05. The van der Waals surface area contributed by atoms with Crippen molar-refractivity contribution >= 4 is 29.9 Å². The number of nitrogens with one attached hydrogen (secondary N) is 2. The number of rotatable bonds is 7. The van der Waals surface area contributed by atoms with Crippen LogP contribution in [0.5, 0.6) is 5.75 Å². The van der Waals surface area contributed by atoms with Crippen LogP contribution in [0.4, 0.5) is 4.39 Å². The summed E-state index contributed by atoms with van der Waals surface area (Å²) in [6.45, 7) is 5.53. The standard InChI is InChI=1S/C21H25FN4O.HI/c1-4-24-21(26-14-18-12-16(13-23)6-7-19(18)22)25-10-9-17-11-15(2)5-8-20(17)27-3;/h5-8,11-12H,4,9-10,14H2,1-3H3,(H2,24,25,26);1H. The summed E-state index contributed by atoms with van der Waals surface area (Å²) in [7, 11) is 1.66. The highest BCUT2D eigenvalue weighted by Gasteiger charge is 2.06. The minimum absolute atomic E-state index is 0. The molecule has 7 heteroatoms. The lowest BCUT2D eigenvalue weighted by Crippen LogP contribution is -2.38. The van der Waals surface area contributed by atoms with E-state index in [0.717, 1.165) is 17.7 Å². The first-order valence-corrected chi connectivity index (χ1v) is 8.91. The molecule has 0 amide bonds. The van der Waals surface area contributed by atoms with Gasteiger partial charge in [0.25, 0.3) is 0 Å². The molecule has 0 atom stereocenters. The molecule has 2 N–H and O–H groups in total. The van der Waals surface area contributed by atoms with Gasteiger partial charge in [-0.2, -0.15) is 5.26 Å². The van der Waals surface area contributed by atoms with Crippen LogP contribution in [0.25, 0.3) is 0 Å². The Morgan fingerprint density at radius 2 is 1.96 bits per heavy atom. The molecule has 2 aromatic carbocycles. The number of ether oxygens (including phenoxy) is 1. The lowest BCUT2D eigenvalue weighted by molar-refractivity contribution is 0.409. The second-order valence-corrected chi connectivity index (χ2v) is 6.11. The highest BCUT2D eigenvalue weighted by atomic mass is 127. The number of aliphatic imine (C=N–C) groups is 1. The molecule has 0 spiro atoms. The van der Waals surface area contributed by atoms with Gasteiger partial charge in [-0.3, -0.25) is 0 Å². The van der Waals surface area contributed by atoms with E-state index in [4.69, 9.17) is 10.00 Å². The zero-order valence-corrected chi connectivity index (χ0v) is 18.7. The summed E-state index contributed by atoms with van der Waals surface area (Å²) in [6, 6.07) is 12.4. The fraction of sp³-hybridized carbons (Fsp3) is 0.333. The van der Waals surface area contributed by atoms with Gasteiger partial charge in [0.05, 0.1) is 25.3 Å². The first-order valence-electron chi connectivity index (χ1n) is 8.91. The molecule has 0 aliphatic rings. The molecule has 2 aromatic rings. The fourth-order valence-corrected chi connectivity index (χ4v) is 2.69. The van der Waals surface area contributed by atoms with E-state index < -0.39 is 0 Å². The zero-order valence-electron chi connectivity index (χ0n) is 16.4. The molecular formula is C21H26FIN4O. The maximum atomic E-state index is 13.9. The molecule has 0 bridgehead atoms. The predicted octanol–water partition coefficient (Wildman–Crippen LogP) is 3.93. The van der Waals surface area contributed by atoms with E-state index in [1.165, 1.54) is 23.8 Å². The van der Waals surface area contributed by atoms with E-state index in [2.05, 4.69) is 21.7 Å². The average molecular weight is 496 g/mol. The largest absolute Gasteiger partial charge is 0.496 e. The van der Waals surface area contributed by atoms with Gasteiger partial charge >= 0.3 is 0 Å². The Morgan fingerprint density at radius 3 is 2.64 bits per heavy atom. The van der Waals surface area contributed by atoms with Crippen LogP contribution in [0.15, 0.2) is 41.4 Å². The highest BCUT2D eigenvalue weighted by molar-refractivity contribution is 14.0. The Labute approximate surface area is 183 Å². The van der Waals surface area contributed by atoms with Crippen molar-refractivity contribution in [1.82, 2.24) is 10.6 Å². The quantitative estimate of drug-likeness (QED) is 0.347. The lowest BCUT2D eigenvalue weighted by Gasteiger charge is -2.13. The Morgan fingerprint density at radius 1 is 1.18 bits per heavy atom. The molecule has 0 saturated carbocycles. The molecule has 0 unspecified atom stereocenters. The fourth-order valence-electron chi connectivity index (χ4n) is 2.69. The van der Waals surface area contributed by atoms with Crippen LogP contribution in [0.1, 0.15) is 29.2 Å². The van der Waals surface area contributed by atoms with Crippen molar-refractivity contribution < 1.29 is 9.13 Å². The normalized spacial score (nSPS) is 10.6. The summed E-state index contributed by atoms with van der Waals surface area (Å²) in [6.07, 6.45) is 0.771. The number of halogens is 2. The molecule has 0 fully saturated rings. The predicted molar refractivity (Wildman–Crippen MR) is 121 cm³/mol. The lowest BCUT2D eigenvalue weighted by atomic mass is 10.1. The number of hydrogen-bond acceptors (Lipinski definition) is 3. The summed E-state index contributed by atoms with van der Waals surface area (Å²) in [5, 5.41) is 15.4. The molecule has 0 radical (unpaired) electrons. The number of benzene rings is 2. The molecule has 28 heavy (non-hydrogen) atoms. The van der Waals surface area contributed by atoms with Gasteiger partial charge in [-0.15, -0.1) is 24.0 Å². The summed E-state index contributed by atoms with van der Waals surface area (Å²) in [5.74, 6) is 1.10. The van der Waals surface area contributed by atoms with Crippen molar-refractivity contribution in [2.24, 2.45) is 4.99 Å². The van der Waals surface area contributed by atoms with Crippen molar-refractivity contribution in [2.45, 2.75) is 26.8 Å². The van der Waals surface area contributed by atoms with Gasteiger partial charge in [-0.1, -0.05) is 17.7 Å². The molecule has 150 valence electrons. The van der Waals surface area contributed by atoms with Crippen LogP contribution in [-0.4, -0.2) is 26.2 Å². The molecule has 0 heterocycles. The Bertz CT molecular complexity index is 849. The Balaban J connectivity index is 0.00000392. The number of methoxy groups -OCH3 is 1. The minimum Gasteiger partial charge on any atom is -0.496 e. The van der Waals surface area contributed by atoms with E-state index in [0.29, 0.717) is 30.2 Å². The Hall–Kier alpha value is -2.34. The van der Waals surface area contributed by atoms with E-state index in [1.807, 2.05) is 32.0 Å². The van der Waals surface area contributed by atoms with Gasteiger partial charge in [-0.25, -0.2) is 9.38 Å². The third-order valence-electron chi connectivity index (χ3n) is 4.05. The maximum absolute atomic E-state index is 13.9. The smallest absolute Gasteiger partial charge is 0.191 e. The summed E-state index contributed by atoms with van der Waals surface area (Å²) >= 11 is 0. The van der Waals surface area contributed by atoms with Crippen LogP contribution >= 0.6 is 24.0 Å². The number of nitriles is 1. The monoisotopic (exact) mass is 496 g/mol. The highest BCUT2D eigenvalue weighted by Crippen LogP contribution is 2.19. The first-order chi connectivity index (χ1) is 13.1. The summed E-state index contributed by atoms with van der Waals surface area (Å²) in [4.78, 5) is 4.43. The van der Waals surface area contributed by atoms with Gasteiger partial charge < -0.3 is 15.4 Å². The van der Waals surface area contributed by atoms with Gasteiger partial charge in [0.1, 0.15) is 11.6 Å². The molecular weight excluding hydrogens is 470 g/mol. The van der Waals surface area contributed by atoms with Crippen molar-refractivity contribution in [2.75, 3.05) is 20.2 Å². The van der Waals surface area contributed by atoms with Crippen LogP contribution < -0.4 is 15.4 Å². The molecule has 0 aromatic heterocycles. The van der Waals surface area contributed by atoms with E-state index in [-0.39, 0.29) is 36.3 Å². The molecule has 0 saturated heterocycles. The third kappa shape index (κ3) is 7.00. The van der Waals surface area contributed by atoms with Crippen molar-refractivity contribution in [3.05, 3.63) is 64.5 Å². The van der Waals surface area contributed by atoms with Crippen LogP contribution in [0.3, 0.4) is 0 Å². The van der Waals surface area contributed by atoms with E-state index >= 15 is 0 Å². The van der Waals surface area contributed by atoms with E-state index in [1.54, 1.807) is 7.11 Å². The molecule has 0 aliphatic carbocycles. The van der Waals surface area contributed by atoms with Crippen molar-refractivity contribution in [3.63, 3.8) is 0 Å². The minimum atomic E-state index is -0.363. The SMILES string of the molecule is CCNC(=NCc1cc(C#N)ccc1F)NCCc1cc(C)ccc1OC.I. The second-order valence-electron chi connectivity index (χ2n) is 6.11. The topological polar surface area (TPSA) is 69.4 Å². The van der Waals surface area contributed by atoms with Crippen LogP contribution in [-0.2, 0) is 13.0 Å². The van der Waals surface area contributed by atoms with Gasteiger partial charge in [-0.05, 0) is 50.1 Å². The van der Waals surface area contributed by atoms with Gasteiger partial charge in [0.2, 0.25) is 0 Å². The number of nitrogens with zero attached hydrogens (tertiary/aromatic N) is 2. The maximum Gasteiger partial charge on any atom is 0.191 e. The van der Waals surface area contributed by atoms with Crippen molar-refractivity contribution in [1.29, 1.82) is 5.26 Å². The summed E-state index contributed by atoms with van der Waals surface area (Å²) in [5.41, 5.74) is 3.12. The number of guanidine groups is 1. The first kappa shape index (κ1) is 23.7. The van der Waals surface area contributed by atoms with E-state index in [9.17, 15) is 4.39 Å². The second kappa shape index (κ2) is 12.2. The van der Waals surface area contributed by atoms with Gasteiger partial charge in [0.15, 0.2) is 5.96 Å². The van der Waals surface area contributed by atoms with Crippen molar-refractivity contribution in [3.8, 4) is 11.8 Å². The molecule has 5 nitrogen and oxygen atoms in total. The summed E-state index contributed by atoms with van der Waals surface area (Å²) < 4.78 is 19.3. The van der Waals surface area contributed by atoms with Gasteiger partial charge in [0, 0.05) is 18.7 Å². The number of aryl methyl sites for hydroxylation is 1. The van der Waals surface area contributed by atoms with Crippen LogP contribution in [0, 0.1) is 24.1 Å². The number of hydrogen-bond donors (Lipinski definition) is 2.